The van der Waals surface area contributed by atoms with Gasteiger partial charge in [-0.05, 0) is 11.6 Å². The Labute approximate surface area is 104 Å². The summed E-state index contributed by atoms with van der Waals surface area (Å²) in [6, 6.07) is 0.220. The van der Waals surface area contributed by atoms with Crippen LogP contribution >= 0.6 is 11.6 Å². The van der Waals surface area contributed by atoms with E-state index in [0.29, 0.717) is 26.4 Å². The Morgan fingerprint density at radius 2 is 1.65 bits per heavy atom. The molecule has 0 N–H and O–H groups in total. The van der Waals surface area contributed by atoms with Gasteiger partial charge in [-0.15, -0.1) is 4.98 Å². The van der Waals surface area contributed by atoms with Gasteiger partial charge in [0.25, 0.3) is 0 Å². The zero-order valence-electron chi connectivity index (χ0n) is 9.68. The second-order valence-corrected chi connectivity index (χ2v) is 3.17. The summed E-state index contributed by atoms with van der Waals surface area (Å²) in [5.41, 5.74) is 0. The van der Waals surface area contributed by atoms with Gasteiger partial charge in [0.15, 0.2) is 0 Å². The van der Waals surface area contributed by atoms with Gasteiger partial charge in [0.05, 0.1) is 26.9 Å². The molecule has 1 aromatic heterocycles. The van der Waals surface area contributed by atoms with Gasteiger partial charge in [0.2, 0.25) is 5.28 Å². The van der Waals surface area contributed by atoms with Gasteiger partial charge in [-0.3, -0.25) is 0 Å². The predicted octanol–water partition coefficient (Wildman–Crippen LogP) is 0.575. The second-order valence-electron chi connectivity index (χ2n) is 2.83. The van der Waals surface area contributed by atoms with E-state index in [9.17, 15) is 0 Å². The molecule has 17 heavy (non-hydrogen) atoms. The van der Waals surface area contributed by atoms with Gasteiger partial charge in [0, 0.05) is 7.11 Å². The average Bonchev–Trinajstić information content (AvgIpc) is 2.33. The molecule has 0 bridgehead atoms. The van der Waals surface area contributed by atoms with Crippen LogP contribution in [-0.2, 0) is 9.47 Å². The minimum Gasteiger partial charge on any atom is -0.467 e. The van der Waals surface area contributed by atoms with Gasteiger partial charge in [-0.2, -0.15) is 9.97 Å². The fourth-order valence-electron chi connectivity index (χ4n) is 0.907. The van der Waals surface area contributed by atoms with Gasteiger partial charge < -0.3 is 18.9 Å². The first-order chi connectivity index (χ1) is 8.26. The number of nitrogens with zero attached hydrogens (tertiary/aromatic N) is 3. The van der Waals surface area contributed by atoms with Crippen LogP contribution in [0.25, 0.3) is 0 Å². The Balaban J connectivity index is 2.28. The standard InChI is InChI=1S/C9H14ClN3O4/c1-14-3-4-16-5-6-17-9-12-7(10)11-8(13-9)15-2/h3-6H2,1-2H3. The maximum atomic E-state index is 5.64. The molecule has 0 radical (unpaired) electrons. The highest BCUT2D eigenvalue weighted by molar-refractivity contribution is 6.28. The van der Waals surface area contributed by atoms with Gasteiger partial charge in [0.1, 0.15) is 6.61 Å². The van der Waals surface area contributed by atoms with Crippen molar-refractivity contribution in [2.75, 3.05) is 40.6 Å². The van der Waals surface area contributed by atoms with E-state index in [1.54, 1.807) is 7.11 Å². The van der Waals surface area contributed by atoms with E-state index in [4.69, 9.17) is 30.5 Å². The third-order valence-electron chi connectivity index (χ3n) is 1.64. The molecule has 0 aromatic carbocycles. The van der Waals surface area contributed by atoms with E-state index in [1.807, 2.05) is 0 Å². The summed E-state index contributed by atoms with van der Waals surface area (Å²) >= 11 is 5.64. The summed E-state index contributed by atoms with van der Waals surface area (Å²) in [6.07, 6.45) is 0. The smallest absolute Gasteiger partial charge is 0.324 e. The highest BCUT2D eigenvalue weighted by Gasteiger charge is 2.05. The zero-order chi connectivity index (χ0) is 12.5. The van der Waals surface area contributed by atoms with Crippen LogP contribution in [0.1, 0.15) is 0 Å². The van der Waals surface area contributed by atoms with E-state index >= 15 is 0 Å². The van der Waals surface area contributed by atoms with Gasteiger partial charge >= 0.3 is 12.0 Å². The van der Waals surface area contributed by atoms with E-state index in [0.717, 1.165) is 0 Å². The molecular formula is C9H14ClN3O4. The molecule has 0 aliphatic heterocycles. The van der Waals surface area contributed by atoms with Crippen LogP contribution in [0.4, 0.5) is 0 Å². The maximum absolute atomic E-state index is 5.64. The molecule has 8 heteroatoms. The van der Waals surface area contributed by atoms with Crippen molar-refractivity contribution in [3.05, 3.63) is 5.28 Å². The summed E-state index contributed by atoms with van der Waals surface area (Å²) in [7, 11) is 3.04. The van der Waals surface area contributed by atoms with Crippen LogP contribution in [0.2, 0.25) is 5.28 Å². The lowest BCUT2D eigenvalue weighted by molar-refractivity contribution is 0.0526. The summed E-state index contributed by atoms with van der Waals surface area (Å²) in [5.74, 6) is 0. The van der Waals surface area contributed by atoms with E-state index in [2.05, 4.69) is 15.0 Å². The number of halogens is 1. The van der Waals surface area contributed by atoms with Crippen molar-refractivity contribution in [1.82, 2.24) is 15.0 Å². The first kappa shape index (κ1) is 13.9. The van der Waals surface area contributed by atoms with Crippen LogP contribution in [0, 0.1) is 0 Å². The number of ether oxygens (including phenoxy) is 4. The second kappa shape index (κ2) is 7.99. The molecule has 0 spiro atoms. The quantitative estimate of drug-likeness (QED) is 0.635. The van der Waals surface area contributed by atoms with E-state index in [1.165, 1.54) is 7.11 Å². The summed E-state index contributed by atoms with van der Waals surface area (Å²) in [4.78, 5) is 11.3. The van der Waals surface area contributed by atoms with Crippen molar-refractivity contribution in [3.63, 3.8) is 0 Å². The number of hydrogen-bond acceptors (Lipinski definition) is 7. The summed E-state index contributed by atoms with van der Waals surface area (Å²) in [5, 5.41) is 0.0205. The molecule has 96 valence electrons. The third kappa shape index (κ3) is 5.62. The minimum atomic E-state index is 0.0205. The van der Waals surface area contributed by atoms with Crippen LogP contribution in [0.15, 0.2) is 0 Å². The molecular weight excluding hydrogens is 250 g/mol. The molecule has 1 heterocycles. The minimum absolute atomic E-state index is 0.0205. The number of aromatic nitrogens is 3. The van der Waals surface area contributed by atoms with Crippen molar-refractivity contribution in [2.45, 2.75) is 0 Å². The Morgan fingerprint density at radius 3 is 2.35 bits per heavy atom. The maximum Gasteiger partial charge on any atom is 0.324 e. The van der Waals surface area contributed by atoms with Crippen LogP contribution in [0.5, 0.6) is 12.0 Å². The molecule has 0 atom stereocenters. The van der Waals surface area contributed by atoms with Crippen molar-refractivity contribution >= 4 is 11.6 Å². The lowest BCUT2D eigenvalue weighted by Gasteiger charge is -2.06. The summed E-state index contributed by atoms with van der Waals surface area (Å²) in [6.45, 7) is 1.79. The van der Waals surface area contributed by atoms with Crippen molar-refractivity contribution in [1.29, 1.82) is 0 Å². The van der Waals surface area contributed by atoms with Crippen molar-refractivity contribution in [2.24, 2.45) is 0 Å². The van der Waals surface area contributed by atoms with Crippen LogP contribution < -0.4 is 9.47 Å². The summed E-state index contributed by atoms with van der Waals surface area (Å²) < 4.78 is 20.1. The molecule has 0 unspecified atom stereocenters. The van der Waals surface area contributed by atoms with Crippen LogP contribution in [0.3, 0.4) is 0 Å². The number of methoxy groups -OCH3 is 2. The SMILES string of the molecule is COCCOCCOc1nc(Cl)nc(OC)n1. The van der Waals surface area contributed by atoms with E-state index < -0.39 is 0 Å². The molecule has 0 aliphatic rings. The normalized spacial score (nSPS) is 10.3. The molecule has 1 rings (SSSR count). The average molecular weight is 264 g/mol. The topological polar surface area (TPSA) is 75.6 Å². The Morgan fingerprint density at radius 1 is 0.941 bits per heavy atom. The van der Waals surface area contributed by atoms with Gasteiger partial charge in [-0.25, -0.2) is 0 Å². The molecule has 0 amide bonds. The van der Waals surface area contributed by atoms with Crippen molar-refractivity contribution < 1.29 is 18.9 Å². The highest BCUT2D eigenvalue weighted by Crippen LogP contribution is 2.12. The number of hydrogen-bond donors (Lipinski definition) is 0. The van der Waals surface area contributed by atoms with Crippen LogP contribution in [-0.4, -0.2) is 55.6 Å². The third-order valence-corrected chi connectivity index (χ3v) is 1.81. The van der Waals surface area contributed by atoms with Crippen molar-refractivity contribution in [3.8, 4) is 12.0 Å². The largest absolute Gasteiger partial charge is 0.467 e. The molecule has 0 saturated heterocycles. The first-order valence-electron chi connectivity index (χ1n) is 4.91. The first-order valence-corrected chi connectivity index (χ1v) is 5.29. The van der Waals surface area contributed by atoms with Gasteiger partial charge in [-0.1, -0.05) is 0 Å². The lowest BCUT2D eigenvalue weighted by atomic mass is 10.7. The Hall–Kier alpha value is -1.18. The monoisotopic (exact) mass is 263 g/mol. The highest BCUT2D eigenvalue weighted by atomic mass is 35.5. The molecule has 7 nitrogen and oxygen atoms in total. The molecule has 0 fully saturated rings. The zero-order valence-corrected chi connectivity index (χ0v) is 10.4. The fraction of sp³-hybridized carbons (Fsp3) is 0.667. The molecule has 1 aromatic rings. The Bertz CT molecular complexity index is 340. The van der Waals surface area contributed by atoms with E-state index in [-0.39, 0.29) is 17.3 Å². The molecule has 0 aliphatic carbocycles. The number of rotatable bonds is 8. The predicted molar refractivity (Wildman–Crippen MR) is 59.6 cm³/mol. The lowest BCUT2D eigenvalue weighted by Crippen LogP contribution is -2.11. The Kier molecular flexibility index (Phi) is 6.53. The molecule has 0 saturated carbocycles. The fourth-order valence-corrected chi connectivity index (χ4v) is 1.05.